The number of nitrogens with zero attached hydrogens (tertiary/aromatic N) is 2. The zero-order valence-corrected chi connectivity index (χ0v) is 16.2. The third-order valence-electron chi connectivity index (χ3n) is 5.00. The van der Waals surface area contributed by atoms with Gasteiger partial charge in [-0.05, 0) is 12.8 Å². The van der Waals surface area contributed by atoms with Crippen molar-refractivity contribution < 1.29 is 34.5 Å². The second-order valence-electron chi connectivity index (χ2n) is 7.23. The number of ether oxygens (including phenoxy) is 2. The van der Waals surface area contributed by atoms with Gasteiger partial charge in [0.1, 0.15) is 43.4 Å². The van der Waals surface area contributed by atoms with E-state index in [0.29, 0.717) is 6.54 Å². The van der Waals surface area contributed by atoms with Crippen molar-refractivity contribution in [3.05, 3.63) is 18.7 Å². The number of aryl methyl sites for hydroxylation is 1. The van der Waals surface area contributed by atoms with Gasteiger partial charge < -0.3 is 29.9 Å². The maximum atomic E-state index is 9.94. The first-order chi connectivity index (χ1) is 13.1. The molecule has 0 amide bonds. The van der Waals surface area contributed by atoms with Crippen molar-refractivity contribution in [3.63, 3.8) is 0 Å². The van der Waals surface area contributed by atoms with Crippen LogP contribution in [-0.2, 0) is 22.6 Å². The average molecular weight is 387 g/mol. The average Bonchev–Trinajstić information content (AvgIpc) is 3.12. The van der Waals surface area contributed by atoms with Gasteiger partial charge in [-0.15, -0.1) is 0 Å². The molecule has 8 heteroatoms. The molecule has 0 spiro atoms. The third-order valence-corrected chi connectivity index (χ3v) is 5.00. The van der Waals surface area contributed by atoms with E-state index in [9.17, 15) is 20.4 Å². The monoisotopic (exact) mass is 387 g/mol. The lowest BCUT2D eigenvalue weighted by atomic mass is 9.99. The van der Waals surface area contributed by atoms with Gasteiger partial charge in [-0.2, -0.15) is 0 Å². The van der Waals surface area contributed by atoms with Crippen LogP contribution in [0.25, 0.3) is 0 Å². The molecular weight excluding hydrogens is 352 g/mol. The zero-order chi connectivity index (χ0) is 19.6. The lowest BCUT2D eigenvalue weighted by Gasteiger charge is -2.39. The highest BCUT2D eigenvalue weighted by atomic mass is 16.7. The minimum Gasteiger partial charge on any atom is -0.394 e. The molecule has 1 aromatic rings. The second-order valence-corrected chi connectivity index (χ2v) is 7.23. The first-order valence-electron chi connectivity index (χ1n) is 10.0. The molecule has 1 aromatic heterocycles. The molecule has 0 saturated carbocycles. The van der Waals surface area contributed by atoms with Crippen LogP contribution in [0.2, 0.25) is 0 Å². The van der Waals surface area contributed by atoms with Crippen LogP contribution < -0.4 is 4.57 Å². The molecule has 4 N–H and O–H groups in total. The Morgan fingerprint density at radius 1 is 1.04 bits per heavy atom. The number of unbranched alkanes of at least 4 members (excludes halogenated alkanes) is 5. The maximum absolute atomic E-state index is 9.94. The van der Waals surface area contributed by atoms with Crippen molar-refractivity contribution in [1.29, 1.82) is 0 Å². The summed E-state index contributed by atoms with van der Waals surface area (Å²) in [4.78, 5) is 0. The Bertz CT molecular complexity index is 524. The SMILES string of the molecule is CCCCCCCC[n+]1ccn(CCO[C@@H]2O[C@H](CO)[C@@H](O)[C@H](O)[C@H]2O)c1. The van der Waals surface area contributed by atoms with Crippen LogP contribution >= 0.6 is 0 Å². The van der Waals surface area contributed by atoms with E-state index in [1.807, 2.05) is 23.3 Å². The van der Waals surface area contributed by atoms with Crippen LogP contribution in [0.5, 0.6) is 0 Å². The predicted octanol–water partition coefficient (Wildman–Crippen LogP) is -0.0474. The van der Waals surface area contributed by atoms with E-state index in [1.165, 1.54) is 38.5 Å². The van der Waals surface area contributed by atoms with E-state index in [4.69, 9.17) is 9.47 Å². The summed E-state index contributed by atoms with van der Waals surface area (Å²) in [6.45, 7) is 3.60. The van der Waals surface area contributed by atoms with Crippen molar-refractivity contribution in [2.75, 3.05) is 13.2 Å². The fourth-order valence-electron chi connectivity index (χ4n) is 3.26. The van der Waals surface area contributed by atoms with Crippen LogP contribution in [-0.4, -0.2) is 68.9 Å². The molecule has 0 aliphatic carbocycles. The Balaban J connectivity index is 1.67. The largest absolute Gasteiger partial charge is 0.394 e. The van der Waals surface area contributed by atoms with E-state index in [0.717, 1.165) is 6.54 Å². The summed E-state index contributed by atoms with van der Waals surface area (Å²) in [5.41, 5.74) is 0. The molecule has 2 heterocycles. The third kappa shape index (κ3) is 6.81. The normalized spacial score (nSPS) is 28.6. The standard InChI is InChI=1S/C19H35N2O6/c1-2-3-4-5-6-7-8-20-9-10-21(14-20)11-12-26-19-18(25)17(24)16(23)15(13-22)27-19/h9-10,14-19,22-25H,2-8,11-13H2,1H3/q+1/t15-,16-,17+,18-,19-/m1/s1. The van der Waals surface area contributed by atoms with Crippen molar-refractivity contribution >= 4 is 0 Å². The summed E-state index contributed by atoms with van der Waals surface area (Å²) in [7, 11) is 0. The summed E-state index contributed by atoms with van der Waals surface area (Å²) in [5.74, 6) is 0. The summed E-state index contributed by atoms with van der Waals surface area (Å²) >= 11 is 0. The molecule has 1 aliphatic heterocycles. The zero-order valence-electron chi connectivity index (χ0n) is 16.2. The molecule has 156 valence electrons. The molecule has 0 radical (unpaired) electrons. The van der Waals surface area contributed by atoms with Crippen LogP contribution in [0, 0.1) is 0 Å². The Hall–Kier alpha value is -1.03. The van der Waals surface area contributed by atoms with Crippen LogP contribution in [0.3, 0.4) is 0 Å². The van der Waals surface area contributed by atoms with E-state index in [2.05, 4.69) is 11.5 Å². The van der Waals surface area contributed by atoms with Gasteiger partial charge in [0.05, 0.1) is 19.8 Å². The fourth-order valence-corrected chi connectivity index (χ4v) is 3.26. The predicted molar refractivity (Wildman–Crippen MR) is 97.7 cm³/mol. The van der Waals surface area contributed by atoms with Gasteiger partial charge in [0.25, 0.3) is 0 Å². The Morgan fingerprint density at radius 2 is 1.78 bits per heavy atom. The number of aliphatic hydroxyl groups excluding tert-OH is 4. The van der Waals surface area contributed by atoms with Gasteiger partial charge >= 0.3 is 0 Å². The molecular formula is C19H35N2O6+. The first-order valence-corrected chi connectivity index (χ1v) is 10.0. The quantitative estimate of drug-likeness (QED) is 0.296. The molecule has 1 fully saturated rings. The molecule has 2 rings (SSSR count). The number of hydrogen-bond donors (Lipinski definition) is 4. The molecule has 1 saturated heterocycles. The number of aliphatic hydroxyl groups is 4. The Kier molecular flexibility index (Phi) is 9.67. The minimum atomic E-state index is -1.41. The highest BCUT2D eigenvalue weighted by molar-refractivity contribution is 4.88. The molecule has 0 unspecified atom stereocenters. The fraction of sp³-hybridized carbons (Fsp3) is 0.842. The van der Waals surface area contributed by atoms with E-state index >= 15 is 0 Å². The lowest BCUT2D eigenvalue weighted by molar-refractivity contribution is -0.696. The smallest absolute Gasteiger partial charge is 0.243 e. The molecule has 5 atom stereocenters. The van der Waals surface area contributed by atoms with Crippen molar-refractivity contribution in [2.45, 2.75) is 89.2 Å². The highest BCUT2D eigenvalue weighted by Gasteiger charge is 2.43. The topological polar surface area (TPSA) is 108 Å². The van der Waals surface area contributed by atoms with Crippen molar-refractivity contribution in [3.8, 4) is 0 Å². The van der Waals surface area contributed by atoms with E-state index in [1.54, 1.807) is 0 Å². The van der Waals surface area contributed by atoms with Crippen LogP contribution in [0.15, 0.2) is 18.7 Å². The van der Waals surface area contributed by atoms with Crippen LogP contribution in [0.4, 0.5) is 0 Å². The number of hydrogen-bond acceptors (Lipinski definition) is 6. The van der Waals surface area contributed by atoms with Gasteiger partial charge in [-0.1, -0.05) is 32.6 Å². The minimum absolute atomic E-state index is 0.272. The molecule has 0 bridgehead atoms. The molecule has 1 aliphatic rings. The van der Waals surface area contributed by atoms with Gasteiger partial charge in [-0.25, -0.2) is 9.13 Å². The molecule has 0 aromatic carbocycles. The van der Waals surface area contributed by atoms with E-state index in [-0.39, 0.29) is 6.61 Å². The van der Waals surface area contributed by atoms with Gasteiger partial charge in [0.15, 0.2) is 6.29 Å². The molecule has 27 heavy (non-hydrogen) atoms. The maximum Gasteiger partial charge on any atom is 0.243 e. The van der Waals surface area contributed by atoms with Gasteiger partial charge in [0, 0.05) is 0 Å². The summed E-state index contributed by atoms with van der Waals surface area (Å²) in [5, 5.41) is 38.6. The number of rotatable bonds is 12. The van der Waals surface area contributed by atoms with Crippen molar-refractivity contribution in [2.24, 2.45) is 0 Å². The lowest BCUT2D eigenvalue weighted by Crippen LogP contribution is -2.59. The van der Waals surface area contributed by atoms with Gasteiger partial charge in [0.2, 0.25) is 6.33 Å². The first kappa shape index (κ1) is 22.3. The van der Waals surface area contributed by atoms with Crippen LogP contribution in [0.1, 0.15) is 45.4 Å². The van der Waals surface area contributed by atoms with E-state index < -0.39 is 37.3 Å². The summed E-state index contributed by atoms with van der Waals surface area (Å²) in [6.07, 6.45) is 7.47. The highest BCUT2D eigenvalue weighted by Crippen LogP contribution is 2.21. The molecule has 8 nitrogen and oxygen atoms in total. The number of imidazole rings is 1. The van der Waals surface area contributed by atoms with Crippen molar-refractivity contribution in [1.82, 2.24) is 4.57 Å². The summed E-state index contributed by atoms with van der Waals surface area (Å²) < 4.78 is 15.0. The second kappa shape index (κ2) is 11.7. The Morgan fingerprint density at radius 3 is 2.52 bits per heavy atom. The van der Waals surface area contributed by atoms with Gasteiger partial charge in [-0.3, -0.25) is 0 Å². The Labute approximate surface area is 161 Å². The number of aromatic nitrogens is 2. The summed E-state index contributed by atoms with van der Waals surface area (Å²) in [6, 6.07) is 0.